The van der Waals surface area contributed by atoms with Crippen LogP contribution in [0.15, 0.2) is 54.1 Å². The molecule has 2 aromatic rings. The molecule has 1 aliphatic heterocycles. The van der Waals surface area contributed by atoms with Crippen LogP contribution in [0.5, 0.6) is 11.5 Å². The minimum Gasteiger partial charge on any atom is -0.508 e. The van der Waals surface area contributed by atoms with Crippen LogP contribution in [0.4, 0.5) is 0 Å². The van der Waals surface area contributed by atoms with Crippen LogP contribution in [0.2, 0.25) is 0 Å². The fraction of sp³-hybridized carbons (Fsp3) is 0.360. The number of aromatic hydroxyl groups is 1. The first-order valence-corrected chi connectivity index (χ1v) is 10.8. The Labute approximate surface area is 187 Å². The number of benzene rings is 2. The second-order valence-electron chi connectivity index (χ2n) is 7.81. The molecule has 7 nitrogen and oxygen atoms in total. The quantitative estimate of drug-likeness (QED) is 0.265. The van der Waals surface area contributed by atoms with E-state index in [1.165, 1.54) is 17.0 Å². The molecule has 0 bridgehead atoms. The number of hydrogen-bond acceptors (Lipinski definition) is 6. The third-order valence-corrected chi connectivity index (χ3v) is 5.18. The number of nitrogens with zero attached hydrogens (tertiary/aromatic N) is 1. The molecule has 0 saturated carbocycles. The maximum atomic E-state index is 13.0. The molecule has 3 rings (SSSR count). The molecule has 1 heterocycles. The van der Waals surface area contributed by atoms with Crippen LogP contribution in [-0.2, 0) is 14.3 Å². The second-order valence-corrected chi connectivity index (χ2v) is 7.81. The molecule has 0 radical (unpaired) electrons. The lowest BCUT2D eigenvalue weighted by Gasteiger charge is -2.25. The molecule has 1 saturated heterocycles. The lowest BCUT2D eigenvalue weighted by Crippen LogP contribution is -2.31. The summed E-state index contributed by atoms with van der Waals surface area (Å²) < 4.78 is 11.0. The minimum atomic E-state index is -0.763. The fourth-order valence-corrected chi connectivity index (χ4v) is 3.70. The maximum absolute atomic E-state index is 13.0. The van der Waals surface area contributed by atoms with Crippen LogP contribution >= 0.6 is 0 Å². The van der Waals surface area contributed by atoms with Gasteiger partial charge in [-0.2, -0.15) is 0 Å². The van der Waals surface area contributed by atoms with E-state index in [0.717, 1.165) is 0 Å². The molecule has 1 atom stereocenters. The van der Waals surface area contributed by atoms with Gasteiger partial charge in [0.2, 0.25) is 0 Å². The zero-order chi connectivity index (χ0) is 23.3. The number of carbonyl (C=O) groups is 2. The highest BCUT2D eigenvalue weighted by Crippen LogP contribution is 2.40. The molecular weight excluding hydrogens is 410 g/mol. The van der Waals surface area contributed by atoms with Gasteiger partial charge in [0.25, 0.3) is 11.7 Å². The normalized spacial score (nSPS) is 17.9. The van der Waals surface area contributed by atoms with E-state index in [9.17, 15) is 19.8 Å². The van der Waals surface area contributed by atoms with Crippen LogP contribution in [0.1, 0.15) is 44.4 Å². The number of carbonyl (C=O) groups excluding carboxylic acids is 2. The number of ketones is 1. The smallest absolute Gasteiger partial charge is 0.295 e. The SMILES string of the molecule is CCOc1ccc(/C(O)=C2/C(=O)C(=O)N(CCCOC(C)C)C2c2ccc(O)cc2)cc1. The van der Waals surface area contributed by atoms with E-state index in [2.05, 4.69) is 0 Å². The van der Waals surface area contributed by atoms with Crippen LogP contribution in [-0.4, -0.2) is 52.7 Å². The Morgan fingerprint density at radius 3 is 2.31 bits per heavy atom. The van der Waals surface area contributed by atoms with Gasteiger partial charge >= 0.3 is 0 Å². The van der Waals surface area contributed by atoms with Crippen molar-refractivity contribution in [1.82, 2.24) is 4.90 Å². The Balaban J connectivity index is 1.99. The first-order chi connectivity index (χ1) is 15.3. The molecule has 2 N–H and O–H groups in total. The van der Waals surface area contributed by atoms with E-state index < -0.39 is 17.7 Å². The minimum absolute atomic E-state index is 0.0228. The van der Waals surface area contributed by atoms with Gasteiger partial charge in [-0.25, -0.2) is 0 Å². The summed E-state index contributed by atoms with van der Waals surface area (Å²) in [4.78, 5) is 27.3. The summed E-state index contributed by atoms with van der Waals surface area (Å²) in [5, 5.41) is 20.7. The number of aliphatic hydroxyl groups is 1. The maximum Gasteiger partial charge on any atom is 0.295 e. The zero-order valence-electron chi connectivity index (χ0n) is 18.6. The number of ether oxygens (including phenoxy) is 2. The van der Waals surface area contributed by atoms with Gasteiger partial charge in [-0.1, -0.05) is 12.1 Å². The third kappa shape index (κ3) is 5.11. The predicted octanol–water partition coefficient (Wildman–Crippen LogP) is 4.03. The molecule has 7 heteroatoms. The number of likely N-dealkylation sites (tertiary alicyclic amines) is 1. The number of aliphatic hydroxyl groups excluding tert-OH is 1. The van der Waals surface area contributed by atoms with E-state index in [1.807, 2.05) is 20.8 Å². The van der Waals surface area contributed by atoms with E-state index in [1.54, 1.807) is 36.4 Å². The van der Waals surface area contributed by atoms with Crippen LogP contribution in [0.25, 0.3) is 5.76 Å². The third-order valence-electron chi connectivity index (χ3n) is 5.18. The highest BCUT2D eigenvalue weighted by Gasteiger charge is 2.45. The van der Waals surface area contributed by atoms with E-state index in [4.69, 9.17) is 9.47 Å². The first kappa shape index (κ1) is 23.3. The molecule has 0 aliphatic carbocycles. The summed E-state index contributed by atoms with van der Waals surface area (Å²) in [6, 6.07) is 12.2. The van der Waals surface area contributed by atoms with Crippen LogP contribution in [0, 0.1) is 0 Å². The van der Waals surface area contributed by atoms with Gasteiger partial charge in [0.1, 0.15) is 17.3 Å². The molecule has 2 aromatic carbocycles. The van der Waals surface area contributed by atoms with Gasteiger partial charge in [0, 0.05) is 18.7 Å². The Morgan fingerprint density at radius 2 is 1.72 bits per heavy atom. The van der Waals surface area contributed by atoms with Crippen LogP contribution in [0.3, 0.4) is 0 Å². The van der Waals surface area contributed by atoms with Crippen molar-refractivity contribution in [2.24, 2.45) is 0 Å². The molecule has 32 heavy (non-hydrogen) atoms. The number of rotatable bonds is 9. The number of phenols is 1. The summed E-state index contributed by atoms with van der Waals surface area (Å²) in [5.41, 5.74) is 1.06. The van der Waals surface area contributed by atoms with E-state index in [-0.39, 0.29) is 23.2 Å². The molecule has 1 unspecified atom stereocenters. The molecule has 0 spiro atoms. The molecule has 1 fully saturated rings. The van der Waals surface area contributed by atoms with Crippen molar-refractivity contribution < 1.29 is 29.3 Å². The van der Waals surface area contributed by atoms with Crippen molar-refractivity contribution in [2.45, 2.75) is 39.3 Å². The van der Waals surface area contributed by atoms with Gasteiger partial charge in [0.15, 0.2) is 0 Å². The molecular formula is C25H29NO6. The molecule has 1 amide bonds. The average Bonchev–Trinajstić information content (AvgIpc) is 3.02. The van der Waals surface area contributed by atoms with Gasteiger partial charge in [0.05, 0.1) is 24.3 Å². The summed E-state index contributed by atoms with van der Waals surface area (Å²) in [6.45, 7) is 6.99. The molecule has 170 valence electrons. The van der Waals surface area contributed by atoms with Crippen molar-refractivity contribution in [2.75, 3.05) is 19.8 Å². The lowest BCUT2D eigenvalue weighted by molar-refractivity contribution is -0.140. The number of phenolic OH excluding ortho intramolecular Hbond substituents is 1. The number of hydrogen-bond donors (Lipinski definition) is 2. The Bertz CT molecular complexity index is 978. The highest BCUT2D eigenvalue weighted by atomic mass is 16.5. The van der Waals surface area contributed by atoms with E-state index >= 15 is 0 Å². The summed E-state index contributed by atoms with van der Waals surface area (Å²) in [7, 11) is 0. The standard InChI is InChI=1S/C25H29NO6/c1-4-31-20-12-8-18(9-13-20)23(28)21-22(17-6-10-19(27)11-7-17)26(25(30)24(21)29)14-5-15-32-16(2)3/h6-13,16,22,27-28H,4-5,14-15H2,1-3H3/b23-21-. The summed E-state index contributed by atoms with van der Waals surface area (Å²) in [5.74, 6) is -0.933. The zero-order valence-corrected chi connectivity index (χ0v) is 18.6. The lowest BCUT2D eigenvalue weighted by atomic mass is 9.95. The monoisotopic (exact) mass is 439 g/mol. The number of amides is 1. The van der Waals surface area contributed by atoms with Gasteiger partial charge in [-0.3, -0.25) is 9.59 Å². The molecule has 0 aromatic heterocycles. The average molecular weight is 440 g/mol. The summed E-state index contributed by atoms with van der Waals surface area (Å²) in [6.07, 6.45) is 0.612. The van der Waals surface area contributed by atoms with Crippen molar-refractivity contribution in [3.8, 4) is 11.5 Å². The topological polar surface area (TPSA) is 96.3 Å². The van der Waals surface area contributed by atoms with E-state index in [0.29, 0.717) is 43.1 Å². The van der Waals surface area contributed by atoms with Crippen molar-refractivity contribution in [3.63, 3.8) is 0 Å². The van der Waals surface area contributed by atoms with Gasteiger partial charge in [-0.15, -0.1) is 0 Å². The van der Waals surface area contributed by atoms with Gasteiger partial charge in [-0.05, 0) is 69.2 Å². The first-order valence-electron chi connectivity index (χ1n) is 10.8. The predicted molar refractivity (Wildman–Crippen MR) is 120 cm³/mol. The Kier molecular flexibility index (Phi) is 7.53. The summed E-state index contributed by atoms with van der Waals surface area (Å²) >= 11 is 0. The van der Waals surface area contributed by atoms with Gasteiger partial charge < -0.3 is 24.6 Å². The van der Waals surface area contributed by atoms with Crippen LogP contribution < -0.4 is 4.74 Å². The van der Waals surface area contributed by atoms with Crippen molar-refractivity contribution >= 4 is 17.4 Å². The highest BCUT2D eigenvalue weighted by molar-refractivity contribution is 6.46. The van der Waals surface area contributed by atoms with Crippen molar-refractivity contribution in [3.05, 3.63) is 65.2 Å². The fourth-order valence-electron chi connectivity index (χ4n) is 3.70. The Hall–Kier alpha value is -3.32. The Morgan fingerprint density at radius 1 is 1.06 bits per heavy atom. The second kappa shape index (κ2) is 10.3. The molecule has 1 aliphatic rings. The van der Waals surface area contributed by atoms with Crippen molar-refractivity contribution in [1.29, 1.82) is 0 Å². The number of Topliss-reactive ketones (excluding diaryl/α,β-unsaturated/α-hetero) is 1. The largest absolute Gasteiger partial charge is 0.508 e.